The molecule has 0 N–H and O–H groups in total. The Kier molecular flexibility index (Phi) is 8.46. The lowest BCUT2D eigenvalue weighted by molar-refractivity contribution is 0.586. The van der Waals surface area contributed by atoms with Gasteiger partial charge in [-0.15, -0.1) is 0 Å². The van der Waals surface area contributed by atoms with E-state index in [1.54, 1.807) is 0 Å². The molecule has 1 nitrogen and oxygen atoms in total. The van der Waals surface area contributed by atoms with Crippen LogP contribution in [0.1, 0.15) is 111 Å². The quantitative estimate of drug-likeness (QED) is 0.171. The fourth-order valence-electron chi connectivity index (χ4n) is 11.6. The third-order valence-corrected chi connectivity index (χ3v) is 14.9. The second kappa shape index (κ2) is 13.5. The highest BCUT2D eigenvalue weighted by molar-refractivity contribution is 5.97. The predicted octanol–water partition coefficient (Wildman–Crippen LogP) is 16.7. The standard InChI is InChI=1S/C62H57N/c1-38-17-15-18-39(2)58(38)40-19-16-20-43(33-40)63(44-27-31-48-46-21-11-13-23-52(46)61(9,10)54(48)36-44)45-28-32-51-47-22-12-14-24-53(47)62(57(51)37-45)55-34-41(59(3,4)5)25-29-49(55)50-30-26-42(35-56(50)62)60(6,7)8/h11-37H,1-10H3. The van der Waals surface area contributed by atoms with Crippen molar-refractivity contribution in [2.75, 3.05) is 4.90 Å². The van der Waals surface area contributed by atoms with Gasteiger partial charge < -0.3 is 4.90 Å². The highest BCUT2D eigenvalue weighted by Gasteiger charge is 2.52. The number of fused-ring (bicyclic) bond motifs is 13. The van der Waals surface area contributed by atoms with Gasteiger partial charge in [0.2, 0.25) is 0 Å². The first kappa shape index (κ1) is 39.4. The summed E-state index contributed by atoms with van der Waals surface area (Å²) in [6.07, 6.45) is 0. The smallest absolute Gasteiger partial charge is 0.0726 e. The molecule has 0 heterocycles. The van der Waals surface area contributed by atoms with Gasteiger partial charge in [-0.3, -0.25) is 0 Å². The van der Waals surface area contributed by atoms with Gasteiger partial charge in [0.05, 0.1) is 5.41 Å². The van der Waals surface area contributed by atoms with Crippen LogP contribution in [0.2, 0.25) is 0 Å². The molecule has 0 aliphatic heterocycles. The van der Waals surface area contributed by atoms with Crippen molar-refractivity contribution in [3.05, 3.63) is 219 Å². The van der Waals surface area contributed by atoms with Crippen molar-refractivity contribution in [2.45, 2.75) is 90.9 Å². The average molecular weight is 816 g/mol. The van der Waals surface area contributed by atoms with Gasteiger partial charge in [0, 0.05) is 22.5 Å². The van der Waals surface area contributed by atoms with Gasteiger partial charge in [-0.25, -0.2) is 0 Å². The normalized spacial score (nSPS) is 14.8. The van der Waals surface area contributed by atoms with E-state index < -0.39 is 5.41 Å². The molecular weight excluding hydrogens is 759 g/mol. The topological polar surface area (TPSA) is 3.24 Å². The first-order valence-electron chi connectivity index (χ1n) is 22.8. The summed E-state index contributed by atoms with van der Waals surface area (Å²) in [6, 6.07) is 63.3. The Labute approximate surface area is 375 Å². The van der Waals surface area contributed by atoms with E-state index in [4.69, 9.17) is 0 Å². The molecule has 0 amide bonds. The maximum absolute atomic E-state index is 2.56. The molecule has 0 fully saturated rings. The lowest BCUT2D eigenvalue weighted by Crippen LogP contribution is -2.27. The molecule has 0 aromatic heterocycles. The molecule has 0 unspecified atom stereocenters. The van der Waals surface area contributed by atoms with E-state index in [9.17, 15) is 0 Å². The highest BCUT2D eigenvalue weighted by atomic mass is 15.1. The van der Waals surface area contributed by atoms with Gasteiger partial charge >= 0.3 is 0 Å². The maximum atomic E-state index is 2.56. The molecule has 8 aromatic carbocycles. The summed E-state index contributed by atoms with van der Waals surface area (Å²) in [4.78, 5) is 2.53. The second-order valence-corrected chi connectivity index (χ2v) is 21.1. The zero-order valence-electron chi connectivity index (χ0n) is 38.5. The average Bonchev–Trinajstić information content (AvgIpc) is 3.81. The molecule has 11 rings (SSSR count). The molecule has 0 bridgehead atoms. The molecule has 63 heavy (non-hydrogen) atoms. The number of hydrogen-bond acceptors (Lipinski definition) is 1. The van der Waals surface area contributed by atoms with Crippen LogP contribution < -0.4 is 4.90 Å². The largest absolute Gasteiger partial charge is 0.310 e. The van der Waals surface area contributed by atoms with E-state index >= 15 is 0 Å². The summed E-state index contributed by atoms with van der Waals surface area (Å²) in [7, 11) is 0. The molecule has 310 valence electrons. The fourth-order valence-corrected chi connectivity index (χ4v) is 11.6. The Morgan fingerprint density at radius 3 is 1.37 bits per heavy atom. The first-order valence-corrected chi connectivity index (χ1v) is 22.8. The van der Waals surface area contributed by atoms with Gasteiger partial charge in [0.15, 0.2) is 0 Å². The lowest BCUT2D eigenvalue weighted by Gasteiger charge is -2.34. The molecule has 1 spiro atoms. The molecule has 0 radical (unpaired) electrons. The van der Waals surface area contributed by atoms with Gasteiger partial charge in [-0.1, -0.05) is 183 Å². The van der Waals surface area contributed by atoms with Crippen LogP contribution in [-0.2, 0) is 21.7 Å². The number of hydrogen-bond donors (Lipinski definition) is 0. The van der Waals surface area contributed by atoms with E-state index in [0.29, 0.717) is 0 Å². The minimum atomic E-state index is -0.498. The number of nitrogens with zero attached hydrogens (tertiary/aromatic N) is 1. The van der Waals surface area contributed by atoms with Crippen LogP contribution in [0.5, 0.6) is 0 Å². The van der Waals surface area contributed by atoms with Crippen molar-refractivity contribution in [1.82, 2.24) is 0 Å². The predicted molar refractivity (Wildman–Crippen MR) is 267 cm³/mol. The first-order chi connectivity index (χ1) is 30.1. The summed E-state index contributed by atoms with van der Waals surface area (Å²) in [5.74, 6) is 0. The van der Waals surface area contributed by atoms with Crippen molar-refractivity contribution in [1.29, 1.82) is 0 Å². The zero-order valence-corrected chi connectivity index (χ0v) is 38.5. The van der Waals surface area contributed by atoms with E-state index in [2.05, 4.69) is 238 Å². The number of aryl methyl sites for hydroxylation is 2. The van der Waals surface area contributed by atoms with Crippen molar-refractivity contribution >= 4 is 17.1 Å². The van der Waals surface area contributed by atoms with Crippen LogP contribution in [-0.4, -0.2) is 0 Å². The van der Waals surface area contributed by atoms with E-state index in [1.165, 1.54) is 100 Å². The van der Waals surface area contributed by atoms with Gasteiger partial charge in [0.1, 0.15) is 0 Å². The van der Waals surface area contributed by atoms with Crippen LogP contribution in [0, 0.1) is 13.8 Å². The molecule has 3 aliphatic rings. The van der Waals surface area contributed by atoms with E-state index in [1.807, 2.05) is 0 Å². The third kappa shape index (κ3) is 5.68. The minimum Gasteiger partial charge on any atom is -0.310 e. The van der Waals surface area contributed by atoms with Gasteiger partial charge in [0.25, 0.3) is 0 Å². The van der Waals surface area contributed by atoms with Crippen LogP contribution in [0.3, 0.4) is 0 Å². The molecule has 0 saturated heterocycles. The zero-order chi connectivity index (χ0) is 43.8. The Balaban J connectivity index is 1.20. The Bertz CT molecular complexity index is 3110. The lowest BCUT2D eigenvalue weighted by atomic mass is 9.68. The molecule has 3 aliphatic carbocycles. The Morgan fingerprint density at radius 2 is 0.794 bits per heavy atom. The highest BCUT2D eigenvalue weighted by Crippen LogP contribution is 2.64. The monoisotopic (exact) mass is 815 g/mol. The number of anilines is 3. The van der Waals surface area contributed by atoms with Crippen LogP contribution >= 0.6 is 0 Å². The number of rotatable bonds is 4. The van der Waals surface area contributed by atoms with Gasteiger partial charge in [-0.2, -0.15) is 0 Å². The summed E-state index contributed by atoms with van der Waals surface area (Å²) in [6.45, 7) is 23.3. The van der Waals surface area contributed by atoms with E-state index in [-0.39, 0.29) is 16.2 Å². The Morgan fingerprint density at radius 1 is 0.365 bits per heavy atom. The van der Waals surface area contributed by atoms with E-state index in [0.717, 1.165) is 17.1 Å². The van der Waals surface area contributed by atoms with Crippen LogP contribution in [0.15, 0.2) is 164 Å². The maximum Gasteiger partial charge on any atom is 0.0726 e. The second-order valence-electron chi connectivity index (χ2n) is 21.1. The molecular formula is C62H57N. The summed E-state index contributed by atoms with van der Waals surface area (Å²) in [5, 5.41) is 0. The van der Waals surface area contributed by atoms with Crippen molar-refractivity contribution < 1.29 is 0 Å². The fraction of sp³-hybridized carbons (Fsp3) is 0.226. The summed E-state index contributed by atoms with van der Waals surface area (Å²) in [5.41, 5.74) is 26.9. The summed E-state index contributed by atoms with van der Waals surface area (Å²) >= 11 is 0. The third-order valence-electron chi connectivity index (χ3n) is 14.9. The minimum absolute atomic E-state index is 0.0113. The van der Waals surface area contributed by atoms with Crippen molar-refractivity contribution in [3.63, 3.8) is 0 Å². The summed E-state index contributed by atoms with van der Waals surface area (Å²) < 4.78 is 0. The van der Waals surface area contributed by atoms with Gasteiger partial charge in [-0.05, 0) is 161 Å². The van der Waals surface area contributed by atoms with Crippen LogP contribution in [0.25, 0.3) is 44.5 Å². The SMILES string of the molecule is Cc1cccc(C)c1-c1cccc(N(c2ccc3c(c2)C(C)(C)c2ccccc2-3)c2ccc3c(c2)C2(c4ccccc4-3)c3cc(C(C)(C)C)ccc3-c3ccc(C(C)(C)C)cc32)c1. The molecule has 8 aromatic rings. The van der Waals surface area contributed by atoms with Crippen LogP contribution in [0.4, 0.5) is 17.1 Å². The van der Waals surface area contributed by atoms with Crippen molar-refractivity contribution in [3.8, 4) is 44.5 Å². The van der Waals surface area contributed by atoms with Crippen molar-refractivity contribution in [2.24, 2.45) is 0 Å². The molecule has 0 atom stereocenters. The molecule has 1 heteroatoms. The number of benzene rings is 8. The Hall–Kier alpha value is -6.44. The molecule has 0 saturated carbocycles.